The standard InChI is InChI=1S/C11H10N2O/c12-11-8-10(6-7-13-11)14-9-4-2-1-3-5-9/h1-8H,(H2,12,13). The van der Waals surface area contributed by atoms with E-state index in [-0.39, 0.29) is 0 Å². The molecule has 0 aliphatic rings. The van der Waals surface area contributed by atoms with E-state index in [2.05, 4.69) is 4.98 Å². The summed E-state index contributed by atoms with van der Waals surface area (Å²) in [7, 11) is 0. The first-order chi connectivity index (χ1) is 6.84. The maximum atomic E-state index is 5.54. The van der Waals surface area contributed by atoms with Gasteiger partial charge in [-0.1, -0.05) is 18.2 Å². The van der Waals surface area contributed by atoms with Crippen LogP contribution in [-0.4, -0.2) is 4.98 Å². The van der Waals surface area contributed by atoms with Gasteiger partial charge in [0, 0.05) is 12.3 Å². The van der Waals surface area contributed by atoms with Gasteiger partial charge in [-0.3, -0.25) is 0 Å². The number of nitrogen functional groups attached to an aromatic ring is 1. The molecule has 3 nitrogen and oxygen atoms in total. The average Bonchev–Trinajstić information content (AvgIpc) is 2.19. The second-order valence-electron chi connectivity index (χ2n) is 2.83. The van der Waals surface area contributed by atoms with E-state index in [4.69, 9.17) is 10.5 Å². The van der Waals surface area contributed by atoms with E-state index in [9.17, 15) is 0 Å². The molecule has 14 heavy (non-hydrogen) atoms. The maximum Gasteiger partial charge on any atom is 0.132 e. The normalized spacial score (nSPS) is 9.71. The van der Waals surface area contributed by atoms with E-state index in [1.165, 1.54) is 0 Å². The van der Waals surface area contributed by atoms with Crippen molar-refractivity contribution in [3.63, 3.8) is 0 Å². The van der Waals surface area contributed by atoms with Gasteiger partial charge in [0.1, 0.15) is 17.3 Å². The Bertz CT molecular complexity index is 415. The molecule has 0 spiro atoms. The van der Waals surface area contributed by atoms with Crippen molar-refractivity contribution < 1.29 is 4.74 Å². The van der Waals surface area contributed by atoms with Crippen molar-refractivity contribution >= 4 is 5.82 Å². The van der Waals surface area contributed by atoms with Crippen molar-refractivity contribution in [2.45, 2.75) is 0 Å². The molecular formula is C11H10N2O. The molecule has 3 heteroatoms. The highest BCUT2D eigenvalue weighted by molar-refractivity contribution is 5.38. The second-order valence-corrected chi connectivity index (χ2v) is 2.83. The fourth-order valence-electron chi connectivity index (χ4n) is 1.12. The lowest BCUT2D eigenvalue weighted by Crippen LogP contribution is -1.90. The van der Waals surface area contributed by atoms with Crippen LogP contribution in [-0.2, 0) is 0 Å². The average molecular weight is 186 g/mol. The Morgan fingerprint density at radius 2 is 1.79 bits per heavy atom. The van der Waals surface area contributed by atoms with E-state index >= 15 is 0 Å². The molecule has 2 aromatic rings. The van der Waals surface area contributed by atoms with E-state index in [1.807, 2.05) is 30.3 Å². The van der Waals surface area contributed by atoms with Crippen molar-refractivity contribution in [3.8, 4) is 11.5 Å². The van der Waals surface area contributed by atoms with Crippen LogP contribution in [0.2, 0.25) is 0 Å². The molecule has 0 fully saturated rings. The lowest BCUT2D eigenvalue weighted by atomic mass is 10.3. The minimum absolute atomic E-state index is 0.457. The summed E-state index contributed by atoms with van der Waals surface area (Å²) in [5, 5.41) is 0. The molecule has 0 bridgehead atoms. The van der Waals surface area contributed by atoms with Crippen LogP contribution >= 0.6 is 0 Å². The largest absolute Gasteiger partial charge is 0.457 e. The number of ether oxygens (including phenoxy) is 1. The number of hydrogen-bond donors (Lipinski definition) is 1. The van der Waals surface area contributed by atoms with Crippen LogP contribution in [0.25, 0.3) is 0 Å². The van der Waals surface area contributed by atoms with Crippen molar-refractivity contribution in [2.75, 3.05) is 5.73 Å². The quantitative estimate of drug-likeness (QED) is 0.783. The van der Waals surface area contributed by atoms with Crippen molar-refractivity contribution in [3.05, 3.63) is 48.7 Å². The number of nitrogens with zero attached hydrogens (tertiary/aromatic N) is 1. The molecule has 0 aliphatic carbocycles. The third kappa shape index (κ3) is 2.01. The first-order valence-corrected chi connectivity index (χ1v) is 4.29. The van der Waals surface area contributed by atoms with Crippen molar-refractivity contribution in [1.29, 1.82) is 0 Å². The zero-order valence-corrected chi connectivity index (χ0v) is 7.55. The van der Waals surface area contributed by atoms with Gasteiger partial charge in [0.25, 0.3) is 0 Å². The van der Waals surface area contributed by atoms with Crippen LogP contribution in [0.15, 0.2) is 48.7 Å². The number of nitrogens with two attached hydrogens (primary N) is 1. The van der Waals surface area contributed by atoms with Crippen LogP contribution in [0.3, 0.4) is 0 Å². The lowest BCUT2D eigenvalue weighted by molar-refractivity contribution is 0.482. The van der Waals surface area contributed by atoms with Gasteiger partial charge >= 0.3 is 0 Å². The Morgan fingerprint density at radius 1 is 1.00 bits per heavy atom. The molecule has 0 unspecified atom stereocenters. The predicted octanol–water partition coefficient (Wildman–Crippen LogP) is 2.46. The van der Waals surface area contributed by atoms with Gasteiger partial charge < -0.3 is 10.5 Å². The summed E-state index contributed by atoms with van der Waals surface area (Å²) in [6, 6.07) is 13.0. The molecule has 0 aliphatic heterocycles. The first kappa shape index (κ1) is 8.56. The number of para-hydroxylation sites is 1. The Hall–Kier alpha value is -2.03. The Morgan fingerprint density at radius 3 is 2.50 bits per heavy atom. The van der Waals surface area contributed by atoms with Crippen molar-refractivity contribution in [2.24, 2.45) is 0 Å². The number of pyridine rings is 1. The number of aromatic nitrogens is 1. The van der Waals surface area contributed by atoms with Gasteiger partial charge in [-0.25, -0.2) is 4.98 Å². The van der Waals surface area contributed by atoms with Crippen LogP contribution in [0, 0.1) is 0 Å². The molecule has 0 atom stereocenters. The van der Waals surface area contributed by atoms with Gasteiger partial charge in [0.05, 0.1) is 0 Å². The predicted molar refractivity (Wildman–Crippen MR) is 55.2 cm³/mol. The third-order valence-corrected chi connectivity index (χ3v) is 1.73. The number of rotatable bonds is 2. The summed E-state index contributed by atoms with van der Waals surface area (Å²) in [5.74, 6) is 1.94. The smallest absolute Gasteiger partial charge is 0.132 e. The second kappa shape index (κ2) is 3.79. The molecule has 2 rings (SSSR count). The van der Waals surface area contributed by atoms with Gasteiger partial charge in [-0.15, -0.1) is 0 Å². The molecule has 0 saturated heterocycles. The number of hydrogen-bond acceptors (Lipinski definition) is 3. The molecule has 0 amide bonds. The summed E-state index contributed by atoms with van der Waals surface area (Å²) in [5.41, 5.74) is 5.52. The maximum absolute atomic E-state index is 5.54. The minimum atomic E-state index is 0.457. The first-order valence-electron chi connectivity index (χ1n) is 4.29. The molecule has 2 N–H and O–H groups in total. The molecule has 0 saturated carbocycles. The molecule has 1 aromatic heterocycles. The molecule has 1 heterocycles. The fourth-order valence-corrected chi connectivity index (χ4v) is 1.12. The summed E-state index contributed by atoms with van der Waals surface area (Å²) in [6.07, 6.45) is 1.62. The Labute approximate surface area is 82.2 Å². The van der Waals surface area contributed by atoms with E-state index < -0.39 is 0 Å². The number of anilines is 1. The van der Waals surface area contributed by atoms with Gasteiger partial charge in [-0.05, 0) is 18.2 Å². The number of benzene rings is 1. The zero-order chi connectivity index (χ0) is 9.80. The summed E-state index contributed by atoms with van der Waals surface area (Å²) < 4.78 is 5.54. The van der Waals surface area contributed by atoms with Gasteiger partial charge in [-0.2, -0.15) is 0 Å². The fraction of sp³-hybridized carbons (Fsp3) is 0. The van der Waals surface area contributed by atoms with Crippen LogP contribution in [0.5, 0.6) is 11.5 Å². The molecular weight excluding hydrogens is 176 g/mol. The van der Waals surface area contributed by atoms with Crippen LogP contribution in [0.1, 0.15) is 0 Å². The highest BCUT2D eigenvalue weighted by Gasteiger charge is 1.96. The lowest BCUT2D eigenvalue weighted by Gasteiger charge is -2.04. The Balaban J connectivity index is 2.19. The third-order valence-electron chi connectivity index (χ3n) is 1.73. The monoisotopic (exact) mass is 186 g/mol. The SMILES string of the molecule is Nc1cc(Oc2ccccc2)ccn1. The minimum Gasteiger partial charge on any atom is -0.457 e. The van der Waals surface area contributed by atoms with E-state index in [1.54, 1.807) is 18.3 Å². The molecule has 0 radical (unpaired) electrons. The zero-order valence-electron chi connectivity index (χ0n) is 7.55. The summed E-state index contributed by atoms with van der Waals surface area (Å²) >= 11 is 0. The molecule has 70 valence electrons. The van der Waals surface area contributed by atoms with Crippen LogP contribution < -0.4 is 10.5 Å². The summed E-state index contributed by atoms with van der Waals surface area (Å²) in [6.45, 7) is 0. The Kier molecular flexibility index (Phi) is 2.32. The topological polar surface area (TPSA) is 48.1 Å². The van der Waals surface area contributed by atoms with E-state index in [0.29, 0.717) is 11.6 Å². The van der Waals surface area contributed by atoms with Crippen molar-refractivity contribution in [1.82, 2.24) is 4.98 Å². The van der Waals surface area contributed by atoms with Gasteiger partial charge in [0.15, 0.2) is 0 Å². The highest BCUT2D eigenvalue weighted by Crippen LogP contribution is 2.20. The summed E-state index contributed by atoms with van der Waals surface area (Å²) in [4.78, 5) is 3.88. The van der Waals surface area contributed by atoms with Crippen LogP contribution in [0.4, 0.5) is 5.82 Å². The molecule has 1 aromatic carbocycles. The van der Waals surface area contributed by atoms with E-state index in [0.717, 1.165) is 5.75 Å². The van der Waals surface area contributed by atoms with Gasteiger partial charge in [0.2, 0.25) is 0 Å². The highest BCUT2D eigenvalue weighted by atomic mass is 16.5.